The van der Waals surface area contributed by atoms with Gasteiger partial charge >= 0.3 is 0 Å². The highest BCUT2D eigenvalue weighted by Gasteiger charge is 2.15. The van der Waals surface area contributed by atoms with Gasteiger partial charge in [-0.25, -0.2) is 9.97 Å². The van der Waals surface area contributed by atoms with Gasteiger partial charge in [0.25, 0.3) is 0 Å². The second-order valence-corrected chi connectivity index (χ2v) is 7.28. The van der Waals surface area contributed by atoms with E-state index in [1.54, 1.807) is 12.4 Å². The van der Waals surface area contributed by atoms with E-state index >= 15 is 0 Å². The summed E-state index contributed by atoms with van der Waals surface area (Å²) in [6.45, 7) is 14.3. The van der Waals surface area contributed by atoms with E-state index in [1.807, 2.05) is 45.5 Å². The Morgan fingerprint density at radius 2 is 1.78 bits per heavy atom. The van der Waals surface area contributed by atoms with Crippen molar-refractivity contribution in [1.29, 1.82) is 0 Å². The molecule has 0 aliphatic carbocycles. The maximum Gasteiger partial charge on any atom is 0.223 e. The van der Waals surface area contributed by atoms with E-state index in [9.17, 15) is 0 Å². The van der Waals surface area contributed by atoms with E-state index in [4.69, 9.17) is 22.1 Å². The second kappa shape index (κ2) is 14.9. The molecule has 0 spiro atoms. The van der Waals surface area contributed by atoms with Crippen molar-refractivity contribution in [3.05, 3.63) is 29.2 Å². The quantitative estimate of drug-likeness (QED) is 0.387. The number of nitrogens with zero attached hydrogens (tertiary/aromatic N) is 2. The van der Waals surface area contributed by atoms with Crippen molar-refractivity contribution in [1.82, 2.24) is 9.97 Å². The summed E-state index contributed by atoms with van der Waals surface area (Å²) in [4.78, 5) is 8.66. The first-order chi connectivity index (χ1) is 13.1. The Morgan fingerprint density at radius 1 is 1.11 bits per heavy atom. The van der Waals surface area contributed by atoms with E-state index in [1.165, 1.54) is 0 Å². The van der Waals surface area contributed by atoms with E-state index in [2.05, 4.69) is 30.7 Å². The van der Waals surface area contributed by atoms with Gasteiger partial charge in [-0.05, 0) is 48.3 Å². The number of hydrogen-bond donors (Lipinski definition) is 1. The summed E-state index contributed by atoms with van der Waals surface area (Å²) in [5.41, 5.74) is 7.18. The average molecular weight is 414 g/mol. The normalized spacial score (nSPS) is 12.3. The van der Waals surface area contributed by atoms with Gasteiger partial charge in [0.2, 0.25) is 5.88 Å². The third kappa shape index (κ3) is 8.24. The maximum absolute atomic E-state index is 6.20. The molecule has 0 aliphatic rings. The highest BCUT2D eigenvalue weighted by atomic mass is 35.5. The van der Waals surface area contributed by atoms with Crippen LogP contribution < -0.4 is 10.5 Å². The molecule has 6 heteroatoms. The molecule has 2 aromatic rings. The molecule has 2 rings (SSSR count). The summed E-state index contributed by atoms with van der Waals surface area (Å²) in [7, 11) is 0. The summed E-state index contributed by atoms with van der Waals surface area (Å²) in [6.07, 6.45) is 5.45. The molecule has 0 amide bonds. The van der Waals surface area contributed by atoms with Crippen LogP contribution >= 0.6 is 23.4 Å². The van der Waals surface area contributed by atoms with Gasteiger partial charge in [-0.15, -0.1) is 0 Å². The van der Waals surface area contributed by atoms with Crippen LogP contribution in [0.25, 0.3) is 10.8 Å². The van der Waals surface area contributed by atoms with Crippen molar-refractivity contribution in [2.45, 2.75) is 73.5 Å². The molecule has 0 saturated heterocycles. The van der Waals surface area contributed by atoms with Crippen LogP contribution in [0.1, 0.15) is 72.9 Å². The molecule has 4 nitrogen and oxygen atoms in total. The van der Waals surface area contributed by atoms with E-state index in [0.29, 0.717) is 11.0 Å². The van der Waals surface area contributed by atoms with Gasteiger partial charge in [0.1, 0.15) is 5.15 Å². The fourth-order valence-corrected chi connectivity index (χ4v) is 3.30. The summed E-state index contributed by atoms with van der Waals surface area (Å²) in [5.74, 6) is 2.81. The number of hydrogen-bond acceptors (Lipinski definition) is 5. The van der Waals surface area contributed by atoms with Gasteiger partial charge < -0.3 is 10.5 Å². The van der Waals surface area contributed by atoms with Crippen molar-refractivity contribution in [2.75, 3.05) is 11.5 Å². The van der Waals surface area contributed by atoms with E-state index < -0.39 is 0 Å². The molecular weight excluding hydrogens is 378 g/mol. The van der Waals surface area contributed by atoms with Gasteiger partial charge in [-0.1, -0.05) is 53.1 Å². The van der Waals surface area contributed by atoms with Gasteiger partial charge in [0.05, 0.1) is 11.5 Å². The minimum absolute atomic E-state index is 0.0732. The summed E-state index contributed by atoms with van der Waals surface area (Å²) in [6, 6.07) is 1.77. The number of thioether (sulfide) groups is 1. The van der Waals surface area contributed by atoms with Crippen LogP contribution in [0.2, 0.25) is 5.15 Å². The molecule has 2 aromatic heterocycles. The largest absolute Gasteiger partial charge is 0.474 e. The Bertz CT molecular complexity index is 655. The first-order valence-electron chi connectivity index (χ1n) is 10.0. The second-order valence-electron chi connectivity index (χ2n) is 5.50. The molecule has 2 atom stereocenters. The highest BCUT2D eigenvalue weighted by Crippen LogP contribution is 2.31. The standard InChI is InChI=1S/C17H24ClN3OS.2C2H6/c1-4-15(19)13-9-21-17(22-11(3)6-7-23-5-2)14-10-20-16(18)8-12(13)14;2*1-2/h8-11,15H,4-7,19H2,1-3H3;2*1-2H3. The number of nitrogens with two attached hydrogens (primary N) is 1. The van der Waals surface area contributed by atoms with Crippen LogP contribution in [-0.4, -0.2) is 27.6 Å². The monoisotopic (exact) mass is 413 g/mol. The number of halogens is 1. The number of pyridine rings is 2. The molecule has 2 unspecified atom stereocenters. The lowest BCUT2D eigenvalue weighted by Crippen LogP contribution is -2.15. The van der Waals surface area contributed by atoms with Crippen LogP contribution in [0.5, 0.6) is 5.88 Å². The molecule has 2 heterocycles. The SMILES string of the molecule is CC.CC.CCSCCC(C)Oc1ncc(C(N)CC)c2cc(Cl)ncc12. The zero-order valence-electron chi connectivity index (χ0n) is 17.9. The minimum Gasteiger partial charge on any atom is -0.474 e. The topological polar surface area (TPSA) is 61.0 Å². The Kier molecular flexibility index (Phi) is 14.4. The fourth-order valence-electron chi connectivity index (χ4n) is 2.36. The molecule has 27 heavy (non-hydrogen) atoms. The third-order valence-corrected chi connectivity index (χ3v) is 4.90. The maximum atomic E-state index is 6.20. The summed E-state index contributed by atoms with van der Waals surface area (Å²) < 4.78 is 6.03. The minimum atomic E-state index is -0.0732. The molecule has 0 fully saturated rings. The van der Waals surface area contributed by atoms with Crippen LogP contribution in [-0.2, 0) is 0 Å². The molecule has 154 valence electrons. The Labute approximate surface area is 174 Å². The first kappa shape index (κ1) is 26.0. The van der Waals surface area contributed by atoms with Gasteiger partial charge in [-0.2, -0.15) is 11.8 Å². The Hall–Kier alpha value is -1.04. The van der Waals surface area contributed by atoms with E-state index in [-0.39, 0.29) is 12.1 Å². The number of fused-ring (bicyclic) bond motifs is 1. The van der Waals surface area contributed by atoms with Crippen LogP contribution in [0.15, 0.2) is 18.5 Å². The lowest BCUT2D eigenvalue weighted by molar-refractivity contribution is 0.213. The Morgan fingerprint density at radius 3 is 2.37 bits per heavy atom. The van der Waals surface area contributed by atoms with Gasteiger partial charge in [-0.3, -0.25) is 0 Å². The number of ether oxygens (including phenoxy) is 1. The molecule has 2 N–H and O–H groups in total. The Balaban J connectivity index is 0.00000158. The van der Waals surface area contributed by atoms with Crippen LogP contribution in [0.4, 0.5) is 0 Å². The van der Waals surface area contributed by atoms with Gasteiger partial charge in [0.15, 0.2) is 0 Å². The number of aromatic nitrogens is 2. The zero-order chi connectivity index (χ0) is 20.8. The predicted octanol–water partition coefficient (Wildman–Crippen LogP) is 6.66. The highest BCUT2D eigenvalue weighted by molar-refractivity contribution is 7.99. The molecular formula is C21H36ClN3OS. The van der Waals surface area contributed by atoms with Gasteiger partial charge in [0, 0.05) is 18.4 Å². The smallest absolute Gasteiger partial charge is 0.223 e. The van der Waals surface area contributed by atoms with Crippen LogP contribution in [0, 0.1) is 0 Å². The summed E-state index contributed by atoms with van der Waals surface area (Å²) >= 11 is 7.98. The first-order valence-corrected chi connectivity index (χ1v) is 11.5. The lowest BCUT2D eigenvalue weighted by atomic mass is 10.0. The van der Waals surface area contributed by atoms with Crippen LogP contribution in [0.3, 0.4) is 0 Å². The molecule has 0 saturated carbocycles. The fraction of sp³-hybridized carbons (Fsp3) is 0.619. The van der Waals surface area contributed by atoms with Crippen molar-refractivity contribution in [2.24, 2.45) is 5.73 Å². The molecule has 0 radical (unpaired) electrons. The van der Waals surface area contributed by atoms with Crippen molar-refractivity contribution < 1.29 is 4.74 Å². The lowest BCUT2D eigenvalue weighted by Gasteiger charge is -2.18. The number of rotatable bonds is 8. The average Bonchev–Trinajstić information content (AvgIpc) is 2.70. The zero-order valence-corrected chi connectivity index (χ0v) is 19.5. The summed E-state index contributed by atoms with van der Waals surface area (Å²) in [5, 5.41) is 2.29. The van der Waals surface area contributed by atoms with Crippen molar-refractivity contribution in [3.8, 4) is 5.88 Å². The molecule has 0 aliphatic heterocycles. The van der Waals surface area contributed by atoms with Crippen molar-refractivity contribution in [3.63, 3.8) is 0 Å². The third-order valence-electron chi connectivity index (χ3n) is 3.76. The van der Waals surface area contributed by atoms with E-state index in [0.717, 1.165) is 40.7 Å². The van der Waals surface area contributed by atoms with Crippen molar-refractivity contribution >= 4 is 34.1 Å². The molecule has 0 aromatic carbocycles. The predicted molar refractivity (Wildman–Crippen MR) is 122 cm³/mol. The molecule has 0 bridgehead atoms.